The van der Waals surface area contributed by atoms with Crippen molar-refractivity contribution < 1.29 is 9.18 Å². The number of H-pyrrole nitrogens is 1. The molecule has 5 heteroatoms. The third kappa shape index (κ3) is 3.06. The maximum Gasteiger partial charge on any atom is 0.228 e. The summed E-state index contributed by atoms with van der Waals surface area (Å²) in [6.45, 7) is 0. The average molecular weight is 303 g/mol. The second kappa shape index (κ2) is 5.58. The lowest BCUT2D eigenvalue weighted by Gasteiger charge is -2.04. The molecular weight excluding hydrogens is 291 g/mol. The largest absolute Gasteiger partial charge is 0.361 e. The first-order chi connectivity index (χ1) is 10.1. The first-order valence-corrected chi connectivity index (χ1v) is 6.80. The molecule has 0 saturated carbocycles. The number of nitrogens with one attached hydrogen (secondary N) is 2. The third-order valence-corrected chi connectivity index (χ3v) is 3.44. The van der Waals surface area contributed by atoms with E-state index in [1.54, 1.807) is 12.3 Å². The highest BCUT2D eigenvalue weighted by atomic mass is 35.5. The van der Waals surface area contributed by atoms with Crippen LogP contribution >= 0.6 is 11.6 Å². The number of anilines is 1. The zero-order chi connectivity index (χ0) is 14.8. The van der Waals surface area contributed by atoms with Crippen LogP contribution in [0.1, 0.15) is 5.56 Å². The number of aromatic nitrogens is 1. The summed E-state index contributed by atoms with van der Waals surface area (Å²) in [7, 11) is 0. The van der Waals surface area contributed by atoms with Crippen LogP contribution < -0.4 is 5.32 Å². The minimum absolute atomic E-state index is 0.155. The number of rotatable bonds is 3. The lowest BCUT2D eigenvalue weighted by molar-refractivity contribution is -0.115. The summed E-state index contributed by atoms with van der Waals surface area (Å²) in [5.74, 6) is -0.487. The van der Waals surface area contributed by atoms with E-state index in [0.717, 1.165) is 16.5 Å². The van der Waals surface area contributed by atoms with Gasteiger partial charge in [-0.1, -0.05) is 17.7 Å². The molecule has 0 aliphatic heterocycles. The van der Waals surface area contributed by atoms with Gasteiger partial charge in [0.25, 0.3) is 0 Å². The van der Waals surface area contributed by atoms with Crippen molar-refractivity contribution in [1.29, 1.82) is 0 Å². The van der Waals surface area contributed by atoms with E-state index >= 15 is 0 Å². The molecule has 0 unspecified atom stereocenters. The summed E-state index contributed by atoms with van der Waals surface area (Å²) < 4.78 is 12.8. The molecule has 0 aliphatic carbocycles. The SMILES string of the molecule is O=C(Cc1c[nH]c2cc(Cl)ccc12)Nc1ccc(F)cc1. The van der Waals surface area contributed by atoms with Gasteiger partial charge in [0, 0.05) is 27.8 Å². The maximum absolute atomic E-state index is 12.8. The van der Waals surface area contributed by atoms with E-state index in [0.29, 0.717) is 10.7 Å². The number of carbonyl (C=O) groups is 1. The fourth-order valence-corrected chi connectivity index (χ4v) is 2.39. The lowest BCUT2D eigenvalue weighted by atomic mass is 10.1. The third-order valence-electron chi connectivity index (χ3n) is 3.21. The van der Waals surface area contributed by atoms with Crippen molar-refractivity contribution in [2.24, 2.45) is 0 Å². The summed E-state index contributed by atoms with van der Waals surface area (Å²) in [4.78, 5) is 15.1. The lowest BCUT2D eigenvalue weighted by Crippen LogP contribution is -2.14. The Hall–Kier alpha value is -2.33. The van der Waals surface area contributed by atoms with Crippen LogP contribution in [0.4, 0.5) is 10.1 Å². The standard InChI is InChI=1S/C16H12ClFN2O/c17-11-1-6-14-10(9-19-15(14)8-11)7-16(21)20-13-4-2-12(18)3-5-13/h1-6,8-9,19H,7H2,(H,20,21). The Bertz CT molecular complexity index is 796. The van der Waals surface area contributed by atoms with Crippen molar-refractivity contribution >= 4 is 34.1 Å². The van der Waals surface area contributed by atoms with Crippen LogP contribution in [0, 0.1) is 5.82 Å². The second-order valence-corrected chi connectivity index (χ2v) is 5.17. The van der Waals surface area contributed by atoms with E-state index in [2.05, 4.69) is 10.3 Å². The van der Waals surface area contributed by atoms with Crippen molar-refractivity contribution in [3.8, 4) is 0 Å². The molecule has 1 heterocycles. The molecule has 1 amide bonds. The topological polar surface area (TPSA) is 44.9 Å². The molecule has 0 radical (unpaired) electrons. The first-order valence-electron chi connectivity index (χ1n) is 6.43. The zero-order valence-electron chi connectivity index (χ0n) is 11.0. The van der Waals surface area contributed by atoms with Crippen LogP contribution in [-0.4, -0.2) is 10.9 Å². The van der Waals surface area contributed by atoms with E-state index in [1.165, 1.54) is 24.3 Å². The molecule has 0 spiro atoms. The summed E-state index contributed by atoms with van der Waals surface area (Å²) in [5, 5.41) is 4.35. The number of hydrogen-bond donors (Lipinski definition) is 2. The number of hydrogen-bond acceptors (Lipinski definition) is 1. The molecule has 0 aliphatic rings. The number of halogens is 2. The summed E-state index contributed by atoms with van der Waals surface area (Å²) in [6.07, 6.45) is 2.03. The zero-order valence-corrected chi connectivity index (χ0v) is 11.7. The van der Waals surface area contributed by atoms with Crippen molar-refractivity contribution in [3.05, 3.63) is 65.1 Å². The predicted molar refractivity (Wildman–Crippen MR) is 82.0 cm³/mol. The average Bonchev–Trinajstić information content (AvgIpc) is 2.83. The number of aromatic amines is 1. The molecule has 0 fully saturated rings. The van der Waals surface area contributed by atoms with Gasteiger partial charge in [-0.15, -0.1) is 0 Å². The number of benzene rings is 2. The number of fused-ring (bicyclic) bond motifs is 1. The fraction of sp³-hybridized carbons (Fsp3) is 0.0625. The van der Waals surface area contributed by atoms with Crippen LogP contribution in [0.25, 0.3) is 10.9 Å². The van der Waals surface area contributed by atoms with Gasteiger partial charge in [0.1, 0.15) is 5.82 Å². The normalized spacial score (nSPS) is 10.8. The van der Waals surface area contributed by atoms with Crippen LogP contribution in [0.3, 0.4) is 0 Å². The number of amides is 1. The Labute approximate surface area is 125 Å². The number of carbonyl (C=O) groups excluding carboxylic acids is 1. The molecule has 3 nitrogen and oxygen atoms in total. The molecule has 1 aromatic heterocycles. The Morgan fingerprint density at radius 1 is 1.19 bits per heavy atom. The monoisotopic (exact) mass is 302 g/mol. The molecule has 106 valence electrons. The smallest absolute Gasteiger partial charge is 0.228 e. The van der Waals surface area contributed by atoms with Crippen molar-refractivity contribution in [1.82, 2.24) is 4.98 Å². The van der Waals surface area contributed by atoms with Crippen LogP contribution in [0.15, 0.2) is 48.7 Å². The first kappa shape index (κ1) is 13.6. The van der Waals surface area contributed by atoms with E-state index in [-0.39, 0.29) is 18.1 Å². The van der Waals surface area contributed by atoms with E-state index in [9.17, 15) is 9.18 Å². The van der Waals surface area contributed by atoms with Gasteiger partial charge in [-0.3, -0.25) is 4.79 Å². The van der Waals surface area contributed by atoms with Gasteiger partial charge in [-0.2, -0.15) is 0 Å². The van der Waals surface area contributed by atoms with Gasteiger partial charge in [-0.05, 0) is 42.0 Å². The van der Waals surface area contributed by atoms with Gasteiger partial charge in [-0.25, -0.2) is 4.39 Å². The molecule has 3 aromatic rings. The molecule has 21 heavy (non-hydrogen) atoms. The quantitative estimate of drug-likeness (QED) is 0.750. The Kier molecular flexibility index (Phi) is 3.62. The molecular formula is C16H12ClFN2O. The van der Waals surface area contributed by atoms with Gasteiger partial charge < -0.3 is 10.3 Å². The molecule has 0 atom stereocenters. The van der Waals surface area contributed by atoms with Gasteiger partial charge >= 0.3 is 0 Å². The molecule has 3 rings (SSSR count). The van der Waals surface area contributed by atoms with Gasteiger partial charge in [0.15, 0.2) is 0 Å². The minimum atomic E-state index is -0.332. The molecule has 2 aromatic carbocycles. The second-order valence-electron chi connectivity index (χ2n) is 4.74. The Morgan fingerprint density at radius 3 is 2.71 bits per heavy atom. The Morgan fingerprint density at radius 2 is 1.95 bits per heavy atom. The summed E-state index contributed by atoms with van der Waals surface area (Å²) >= 11 is 5.92. The van der Waals surface area contributed by atoms with Crippen molar-refractivity contribution in [2.45, 2.75) is 6.42 Å². The van der Waals surface area contributed by atoms with Crippen molar-refractivity contribution in [2.75, 3.05) is 5.32 Å². The maximum atomic E-state index is 12.8. The van der Waals surface area contributed by atoms with Crippen LogP contribution in [0.2, 0.25) is 5.02 Å². The van der Waals surface area contributed by atoms with E-state index < -0.39 is 0 Å². The van der Waals surface area contributed by atoms with Crippen LogP contribution in [-0.2, 0) is 11.2 Å². The summed E-state index contributed by atoms with van der Waals surface area (Å²) in [5.41, 5.74) is 2.36. The highest BCUT2D eigenvalue weighted by Crippen LogP contribution is 2.22. The molecule has 0 saturated heterocycles. The van der Waals surface area contributed by atoms with Gasteiger partial charge in [0.05, 0.1) is 6.42 Å². The molecule has 0 bridgehead atoms. The molecule has 2 N–H and O–H groups in total. The highest BCUT2D eigenvalue weighted by molar-refractivity contribution is 6.31. The minimum Gasteiger partial charge on any atom is -0.361 e. The summed E-state index contributed by atoms with van der Waals surface area (Å²) in [6, 6.07) is 11.2. The highest BCUT2D eigenvalue weighted by Gasteiger charge is 2.09. The predicted octanol–water partition coefficient (Wildman–Crippen LogP) is 4.14. The fourth-order valence-electron chi connectivity index (χ4n) is 2.22. The van der Waals surface area contributed by atoms with Crippen LogP contribution in [0.5, 0.6) is 0 Å². The Balaban J connectivity index is 1.75. The van der Waals surface area contributed by atoms with Gasteiger partial charge in [0.2, 0.25) is 5.91 Å². The van der Waals surface area contributed by atoms with Crippen molar-refractivity contribution in [3.63, 3.8) is 0 Å². The van der Waals surface area contributed by atoms with E-state index in [1.807, 2.05) is 12.1 Å². The van der Waals surface area contributed by atoms with E-state index in [4.69, 9.17) is 11.6 Å².